The minimum Gasteiger partial charge on any atom is -0.478 e. The largest absolute Gasteiger partial charge is 0.478 e. The number of hydrogen-bond acceptors (Lipinski definition) is 3. The van der Waals surface area contributed by atoms with Crippen LogP contribution in [0.15, 0.2) is 6.07 Å². The highest BCUT2D eigenvalue weighted by Gasteiger charge is 2.22. The quantitative estimate of drug-likeness (QED) is 0.886. The van der Waals surface area contributed by atoms with E-state index in [4.69, 9.17) is 0 Å². The van der Waals surface area contributed by atoms with Crippen LogP contribution in [0.2, 0.25) is 0 Å². The van der Waals surface area contributed by atoms with Gasteiger partial charge in [-0.25, -0.2) is 9.78 Å². The smallest absolute Gasteiger partial charge is 0.339 e. The lowest BCUT2D eigenvalue weighted by molar-refractivity contribution is 0.0696. The molecule has 0 bridgehead atoms. The Morgan fingerprint density at radius 1 is 1.37 bits per heavy atom. The van der Waals surface area contributed by atoms with Gasteiger partial charge in [-0.3, -0.25) is 0 Å². The van der Waals surface area contributed by atoms with E-state index < -0.39 is 5.97 Å². The van der Waals surface area contributed by atoms with Crippen molar-refractivity contribution in [1.82, 2.24) is 4.98 Å². The molecule has 0 saturated heterocycles. The molecule has 1 aromatic rings. The Hall–Kier alpha value is -1.58. The van der Waals surface area contributed by atoms with E-state index in [2.05, 4.69) is 25.8 Å². The first-order valence-corrected chi connectivity index (χ1v) is 6.68. The van der Waals surface area contributed by atoms with E-state index in [1.807, 2.05) is 31.9 Å². The van der Waals surface area contributed by atoms with E-state index in [0.29, 0.717) is 17.3 Å². The fraction of sp³-hybridized carbons (Fsp3) is 0.600. The van der Waals surface area contributed by atoms with Gasteiger partial charge in [0.2, 0.25) is 0 Å². The second-order valence-corrected chi connectivity index (χ2v) is 5.67. The number of aryl methyl sites for hydroxylation is 2. The van der Waals surface area contributed by atoms with Crippen molar-refractivity contribution >= 4 is 11.8 Å². The van der Waals surface area contributed by atoms with E-state index in [9.17, 15) is 9.90 Å². The summed E-state index contributed by atoms with van der Waals surface area (Å²) in [6, 6.07) is 2.07. The molecule has 1 heterocycles. The predicted molar refractivity (Wildman–Crippen MR) is 78.0 cm³/mol. The molecule has 19 heavy (non-hydrogen) atoms. The standard InChI is InChI=1S/C15H24N2O2/c1-9(2)7-12(5)17(6)14-13(15(18)19)10(3)8-11(4)16-14/h8-9,12H,7H2,1-6H3,(H,18,19). The Balaban J connectivity index is 3.21. The Kier molecular flexibility index (Phi) is 4.92. The molecule has 106 valence electrons. The maximum atomic E-state index is 11.4. The summed E-state index contributed by atoms with van der Waals surface area (Å²) in [5.41, 5.74) is 1.92. The summed E-state index contributed by atoms with van der Waals surface area (Å²) in [5.74, 6) is 0.221. The number of nitrogens with zero attached hydrogens (tertiary/aromatic N) is 2. The molecule has 4 nitrogen and oxygen atoms in total. The Morgan fingerprint density at radius 2 is 1.95 bits per heavy atom. The van der Waals surface area contributed by atoms with Gasteiger partial charge in [-0.15, -0.1) is 0 Å². The molecule has 4 heteroatoms. The second kappa shape index (κ2) is 6.04. The summed E-state index contributed by atoms with van der Waals surface area (Å²) in [7, 11) is 1.92. The minimum atomic E-state index is -0.913. The molecule has 1 rings (SSSR count). The molecule has 0 spiro atoms. The van der Waals surface area contributed by atoms with Gasteiger partial charge in [0, 0.05) is 18.8 Å². The molecule has 1 N–H and O–H groups in total. The number of carboxylic acid groups (broad SMARTS) is 1. The van der Waals surface area contributed by atoms with Crippen molar-refractivity contribution in [2.45, 2.75) is 47.1 Å². The molecule has 1 unspecified atom stereocenters. The Labute approximate surface area is 115 Å². The van der Waals surface area contributed by atoms with Gasteiger partial charge in [0.1, 0.15) is 11.4 Å². The highest BCUT2D eigenvalue weighted by molar-refractivity contribution is 5.95. The zero-order chi connectivity index (χ0) is 14.7. The zero-order valence-corrected chi connectivity index (χ0v) is 12.7. The summed E-state index contributed by atoms with van der Waals surface area (Å²) < 4.78 is 0. The SMILES string of the molecule is Cc1cc(C)c(C(=O)O)c(N(C)C(C)CC(C)C)n1. The third-order valence-corrected chi connectivity index (χ3v) is 3.35. The van der Waals surface area contributed by atoms with E-state index in [0.717, 1.165) is 17.7 Å². The Bertz CT molecular complexity index is 469. The number of aromatic nitrogens is 1. The first-order valence-electron chi connectivity index (χ1n) is 6.68. The van der Waals surface area contributed by atoms with E-state index in [1.54, 1.807) is 0 Å². The van der Waals surface area contributed by atoms with Crippen molar-refractivity contribution in [1.29, 1.82) is 0 Å². The van der Waals surface area contributed by atoms with Crippen LogP contribution in [0, 0.1) is 19.8 Å². The van der Waals surface area contributed by atoms with Crippen molar-refractivity contribution in [3.05, 3.63) is 22.9 Å². The lowest BCUT2D eigenvalue weighted by atomic mass is 10.0. The molecule has 0 amide bonds. The number of pyridine rings is 1. The topological polar surface area (TPSA) is 53.4 Å². The maximum absolute atomic E-state index is 11.4. The number of anilines is 1. The van der Waals surface area contributed by atoms with Gasteiger partial charge in [0.05, 0.1) is 0 Å². The lowest BCUT2D eigenvalue weighted by Gasteiger charge is -2.29. The van der Waals surface area contributed by atoms with Crippen molar-refractivity contribution in [2.24, 2.45) is 5.92 Å². The van der Waals surface area contributed by atoms with Crippen molar-refractivity contribution < 1.29 is 9.90 Å². The number of rotatable bonds is 5. The summed E-state index contributed by atoms with van der Waals surface area (Å²) >= 11 is 0. The van der Waals surface area contributed by atoms with Crippen LogP contribution < -0.4 is 4.90 Å². The Morgan fingerprint density at radius 3 is 2.42 bits per heavy atom. The average molecular weight is 264 g/mol. The molecule has 0 aromatic carbocycles. The predicted octanol–water partition coefficient (Wildman–Crippen LogP) is 3.27. The van der Waals surface area contributed by atoms with Crippen molar-refractivity contribution in [2.75, 3.05) is 11.9 Å². The number of hydrogen-bond donors (Lipinski definition) is 1. The van der Waals surface area contributed by atoms with Crippen LogP contribution in [0.25, 0.3) is 0 Å². The van der Waals surface area contributed by atoms with E-state index in [-0.39, 0.29) is 6.04 Å². The fourth-order valence-corrected chi connectivity index (χ4v) is 2.39. The molecule has 0 radical (unpaired) electrons. The zero-order valence-electron chi connectivity index (χ0n) is 12.7. The van der Waals surface area contributed by atoms with Gasteiger partial charge < -0.3 is 10.0 Å². The summed E-state index contributed by atoms with van der Waals surface area (Å²) in [6.07, 6.45) is 1.00. The monoisotopic (exact) mass is 264 g/mol. The second-order valence-electron chi connectivity index (χ2n) is 5.67. The third kappa shape index (κ3) is 3.69. The van der Waals surface area contributed by atoms with Crippen LogP contribution >= 0.6 is 0 Å². The van der Waals surface area contributed by atoms with Crippen LogP contribution in [0.1, 0.15) is 48.8 Å². The summed E-state index contributed by atoms with van der Waals surface area (Å²) in [5, 5.41) is 9.38. The highest BCUT2D eigenvalue weighted by atomic mass is 16.4. The molecule has 0 aliphatic carbocycles. The first-order chi connectivity index (χ1) is 8.73. The van der Waals surface area contributed by atoms with Gasteiger partial charge in [-0.05, 0) is 44.7 Å². The minimum absolute atomic E-state index is 0.256. The molecule has 0 aliphatic heterocycles. The van der Waals surface area contributed by atoms with Crippen LogP contribution in [-0.2, 0) is 0 Å². The van der Waals surface area contributed by atoms with E-state index >= 15 is 0 Å². The molecular weight excluding hydrogens is 240 g/mol. The summed E-state index contributed by atoms with van der Waals surface area (Å²) in [6.45, 7) is 10.1. The van der Waals surface area contributed by atoms with Crippen LogP contribution in [0.4, 0.5) is 5.82 Å². The van der Waals surface area contributed by atoms with Crippen LogP contribution in [0.5, 0.6) is 0 Å². The van der Waals surface area contributed by atoms with Crippen molar-refractivity contribution in [3.63, 3.8) is 0 Å². The molecule has 0 fully saturated rings. The number of carboxylic acids is 1. The van der Waals surface area contributed by atoms with Crippen molar-refractivity contribution in [3.8, 4) is 0 Å². The normalized spacial score (nSPS) is 12.6. The van der Waals surface area contributed by atoms with E-state index in [1.165, 1.54) is 0 Å². The average Bonchev–Trinajstić information content (AvgIpc) is 2.25. The fourth-order valence-electron chi connectivity index (χ4n) is 2.39. The lowest BCUT2D eigenvalue weighted by Crippen LogP contribution is -2.32. The number of carbonyl (C=O) groups is 1. The molecule has 1 atom stereocenters. The van der Waals surface area contributed by atoms with Gasteiger partial charge in [0.15, 0.2) is 0 Å². The van der Waals surface area contributed by atoms with Gasteiger partial charge in [-0.1, -0.05) is 13.8 Å². The molecule has 0 aliphatic rings. The molecular formula is C15H24N2O2. The van der Waals surface area contributed by atoms with Gasteiger partial charge in [-0.2, -0.15) is 0 Å². The van der Waals surface area contributed by atoms with Crippen LogP contribution in [0.3, 0.4) is 0 Å². The summed E-state index contributed by atoms with van der Waals surface area (Å²) in [4.78, 5) is 17.8. The third-order valence-electron chi connectivity index (χ3n) is 3.35. The number of aromatic carboxylic acids is 1. The molecule has 1 aromatic heterocycles. The van der Waals surface area contributed by atoms with Gasteiger partial charge >= 0.3 is 5.97 Å². The van der Waals surface area contributed by atoms with Gasteiger partial charge in [0.25, 0.3) is 0 Å². The highest BCUT2D eigenvalue weighted by Crippen LogP contribution is 2.25. The first kappa shape index (κ1) is 15.5. The van der Waals surface area contributed by atoms with Crippen LogP contribution in [-0.4, -0.2) is 29.1 Å². The maximum Gasteiger partial charge on any atom is 0.339 e. The molecule has 0 saturated carbocycles.